The molecule has 0 spiro atoms. The predicted octanol–water partition coefficient (Wildman–Crippen LogP) is 4.57. The maximum Gasteiger partial charge on any atom is 0.145 e. The topological polar surface area (TPSA) is 35.2 Å². The Morgan fingerprint density at radius 3 is 2.71 bits per heavy atom. The molecular formula is C11H8Br2FNOS. The summed E-state index contributed by atoms with van der Waals surface area (Å²) in [5, 5.41) is 1.96. The number of nitrogens with two attached hydrogens (primary N) is 1. The van der Waals surface area contributed by atoms with Crippen LogP contribution in [0, 0.1) is 5.82 Å². The van der Waals surface area contributed by atoms with Gasteiger partial charge in [-0.2, -0.15) is 0 Å². The lowest BCUT2D eigenvalue weighted by atomic mass is 10.3. The van der Waals surface area contributed by atoms with Crippen LogP contribution in [0.5, 0.6) is 5.75 Å². The van der Waals surface area contributed by atoms with E-state index in [4.69, 9.17) is 10.5 Å². The summed E-state index contributed by atoms with van der Waals surface area (Å²) >= 11 is 7.99. The number of ether oxygens (including phenoxy) is 1. The Hall–Kier alpha value is -0.590. The van der Waals surface area contributed by atoms with E-state index in [1.807, 2.05) is 11.4 Å². The van der Waals surface area contributed by atoms with E-state index in [2.05, 4.69) is 31.9 Å². The third-order valence-corrected chi connectivity index (χ3v) is 4.32. The molecule has 17 heavy (non-hydrogen) atoms. The van der Waals surface area contributed by atoms with Crippen molar-refractivity contribution in [1.29, 1.82) is 0 Å². The fraction of sp³-hybridized carbons (Fsp3) is 0.0909. The number of hydrogen-bond acceptors (Lipinski definition) is 3. The highest BCUT2D eigenvalue weighted by Gasteiger charge is 2.08. The number of thiophene rings is 1. The average molecular weight is 381 g/mol. The molecular weight excluding hydrogens is 373 g/mol. The van der Waals surface area contributed by atoms with Gasteiger partial charge < -0.3 is 10.5 Å². The highest BCUT2D eigenvalue weighted by Crippen LogP contribution is 2.29. The summed E-state index contributed by atoms with van der Waals surface area (Å²) in [5.41, 5.74) is 6.14. The zero-order chi connectivity index (χ0) is 12.4. The first-order valence-corrected chi connectivity index (χ1v) is 7.13. The lowest BCUT2D eigenvalue weighted by molar-refractivity contribution is 0.310. The summed E-state index contributed by atoms with van der Waals surface area (Å²) in [6, 6.07) is 4.73. The molecule has 0 aliphatic rings. The molecule has 0 fully saturated rings. The molecule has 0 unspecified atom stereocenters. The van der Waals surface area contributed by atoms with Gasteiger partial charge in [0.1, 0.15) is 18.2 Å². The highest BCUT2D eigenvalue weighted by atomic mass is 79.9. The summed E-state index contributed by atoms with van der Waals surface area (Å²) in [5.74, 6) is -0.0308. The second kappa shape index (κ2) is 5.37. The van der Waals surface area contributed by atoms with Crippen LogP contribution in [0.3, 0.4) is 0 Å². The van der Waals surface area contributed by atoms with Gasteiger partial charge >= 0.3 is 0 Å². The van der Waals surface area contributed by atoms with Crippen LogP contribution in [0.25, 0.3) is 0 Å². The average Bonchev–Trinajstić information content (AvgIpc) is 2.68. The van der Waals surface area contributed by atoms with E-state index in [-0.39, 0.29) is 5.82 Å². The van der Waals surface area contributed by atoms with Crippen LogP contribution in [0.2, 0.25) is 0 Å². The van der Waals surface area contributed by atoms with E-state index in [1.165, 1.54) is 12.1 Å². The lowest BCUT2D eigenvalue weighted by Gasteiger charge is -2.08. The molecule has 1 aromatic heterocycles. The van der Waals surface area contributed by atoms with Gasteiger partial charge in [0, 0.05) is 20.8 Å². The van der Waals surface area contributed by atoms with Crippen molar-refractivity contribution in [3.8, 4) is 5.75 Å². The van der Waals surface area contributed by atoms with Crippen molar-refractivity contribution in [3.63, 3.8) is 0 Å². The number of hydrogen-bond donors (Lipinski definition) is 1. The van der Waals surface area contributed by atoms with Crippen molar-refractivity contribution in [3.05, 3.63) is 43.2 Å². The minimum absolute atomic E-state index is 0.334. The van der Waals surface area contributed by atoms with Crippen LogP contribution in [0.4, 0.5) is 10.1 Å². The molecule has 1 heterocycles. The summed E-state index contributed by atoms with van der Waals surface area (Å²) in [7, 11) is 0. The van der Waals surface area contributed by atoms with E-state index in [0.717, 1.165) is 9.35 Å². The Bertz CT molecular complexity index is 544. The van der Waals surface area contributed by atoms with Crippen molar-refractivity contribution in [2.45, 2.75) is 6.61 Å². The third-order valence-electron chi connectivity index (χ3n) is 2.04. The quantitative estimate of drug-likeness (QED) is 0.791. The second-order valence-electron chi connectivity index (χ2n) is 3.32. The number of halogens is 3. The zero-order valence-corrected chi connectivity index (χ0v) is 12.5. The molecule has 0 saturated carbocycles. The van der Waals surface area contributed by atoms with Crippen LogP contribution in [0.15, 0.2) is 32.5 Å². The number of benzene rings is 1. The Labute approximate surface area is 119 Å². The van der Waals surface area contributed by atoms with Crippen molar-refractivity contribution in [2.24, 2.45) is 0 Å². The minimum atomic E-state index is -0.387. The van der Waals surface area contributed by atoms with Crippen LogP contribution < -0.4 is 10.5 Å². The van der Waals surface area contributed by atoms with E-state index in [0.29, 0.717) is 22.5 Å². The van der Waals surface area contributed by atoms with Gasteiger partial charge in [0.05, 0.1) is 10.2 Å². The van der Waals surface area contributed by atoms with E-state index < -0.39 is 0 Å². The molecule has 2 nitrogen and oxygen atoms in total. The maximum atomic E-state index is 13.3. The van der Waals surface area contributed by atoms with E-state index in [9.17, 15) is 4.39 Å². The highest BCUT2D eigenvalue weighted by molar-refractivity contribution is 9.10. The van der Waals surface area contributed by atoms with Crippen LogP contribution in [-0.2, 0) is 6.61 Å². The first-order valence-electron chi connectivity index (χ1n) is 4.66. The third kappa shape index (κ3) is 3.20. The summed E-state index contributed by atoms with van der Waals surface area (Å²) in [6.45, 7) is 0.377. The monoisotopic (exact) mass is 379 g/mol. The van der Waals surface area contributed by atoms with E-state index in [1.54, 1.807) is 11.3 Å². The van der Waals surface area contributed by atoms with Gasteiger partial charge in [-0.05, 0) is 44.0 Å². The molecule has 0 saturated heterocycles. The number of rotatable bonds is 3. The molecule has 0 amide bonds. The molecule has 0 atom stereocenters. The van der Waals surface area contributed by atoms with Gasteiger partial charge in [-0.1, -0.05) is 0 Å². The molecule has 2 rings (SSSR count). The standard InChI is InChI=1S/C11H8Br2FNOS/c12-6-1-7(17-5-6)4-16-11-3-9(14)8(13)2-10(11)15/h1-3,5H,4,15H2. The fourth-order valence-electron chi connectivity index (χ4n) is 1.25. The Balaban J connectivity index is 2.11. The first-order chi connectivity index (χ1) is 8.06. The molecule has 90 valence electrons. The smallest absolute Gasteiger partial charge is 0.145 e. The minimum Gasteiger partial charge on any atom is -0.486 e. The molecule has 0 bridgehead atoms. The van der Waals surface area contributed by atoms with Crippen molar-refractivity contribution >= 4 is 48.9 Å². The van der Waals surface area contributed by atoms with Gasteiger partial charge in [0.15, 0.2) is 0 Å². The largest absolute Gasteiger partial charge is 0.486 e. The van der Waals surface area contributed by atoms with Gasteiger partial charge in [-0.15, -0.1) is 11.3 Å². The van der Waals surface area contributed by atoms with Crippen LogP contribution >= 0.6 is 43.2 Å². The molecule has 0 radical (unpaired) electrons. The maximum absolute atomic E-state index is 13.3. The first kappa shape index (κ1) is 12.9. The van der Waals surface area contributed by atoms with Gasteiger partial charge in [0.2, 0.25) is 0 Å². The normalized spacial score (nSPS) is 10.5. The zero-order valence-electron chi connectivity index (χ0n) is 8.54. The molecule has 1 aromatic carbocycles. The molecule has 2 N–H and O–H groups in total. The number of anilines is 1. The van der Waals surface area contributed by atoms with Gasteiger partial charge in [0.25, 0.3) is 0 Å². The Kier molecular flexibility index (Phi) is 4.06. The fourth-order valence-corrected chi connectivity index (χ4v) is 2.97. The van der Waals surface area contributed by atoms with E-state index >= 15 is 0 Å². The van der Waals surface area contributed by atoms with Crippen molar-refractivity contribution < 1.29 is 9.13 Å². The Morgan fingerprint density at radius 2 is 2.06 bits per heavy atom. The lowest BCUT2D eigenvalue weighted by Crippen LogP contribution is -1.98. The van der Waals surface area contributed by atoms with Crippen LogP contribution in [0.1, 0.15) is 4.88 Å². The molecule has 0 aliphatic carbocycles. The predicted molar refractivity (Wildman–Crippen MR) is 74.9 cm³/mol. The number of nitrogen functional groups attached to an aromatic ring is 1. The summed E-state index contributed by atoms with van der Waals surface area (Å²) in [4.78, 5) is 1.04. The van der Waals surface area contributed by atoms with Gasteiger partial charge in [-0.3, -0.25) is 0 Å². The summed E-state index contributed by atoms with van der Waals surface area (Å²) in [6.07, 6.45) is 0. The van der Waals surface area contributed by atoms with Crippen LogP contribution in [-0.4, -0.2) is 0 Å². The second-order valence-corrected chi connectivity index (χ2v) is 6.09. The molecule has 0 aliphatic heterocycles. The van der Waals surface area contributed by atoms with Crippen molar-refractivity contribution in [2.75, 3.05) is 5.73 Å². The molecule has 6 heteroatoms. The van der Waals surface area contributed by atoms with Crippen molar-refractivity contribution in [1.82, 2.24) is 0 Å². The summed E-state index contributed by atoms with van der Waals surface area (Å²) < 4.78 is 20.1. The Morgan fingerprint density at radius 1 is 1.29 bits per heavy atom. The van der Waals surface area contributed by atoms with Gasteiger partial charge in [-0.25, -0.2) is 4.39 Å². The SMILES string of the molecule is Nc1cc(Br)c(F)cc1OCc1cc(Br)cs1. The molecule has 2 aromatic rings.